The lowest BCUT2D eigenvalue weighted by atomic mass is 10.0. The second kappa shape index (κ2) is 5.65. The van der Waals surface area contributed by atoms with Gasteiger partial charge in [-0.3, -0.25) is 4.79 Å². The lowest BCUT2D eigenvalue weighted by molar-refractivity contribution is 0.0658. The molecule has 2 rings (SSSR count). The minimum Gasteiger partial charge on any atom is -0.338 e. The molecule has 1 aliphatic rings. The fraction of sp³-hybridized carbons (Fsp3) is 0.500. The molecule has 0 aliphatic carbocycles. The number of nitrogens with zero attached hydrogens (tertiary/aromatic N) is 2. The fourth-order valence-corrected chi connectivity index (χ4v) is 2.42. The van der Waals surface area contributed by atoms with Crippen LogP contribution in [0.4, 0.5) is 8.78 Å². The van der Waals surface area contributed by atoms with Gasteiger partial charge in [0.15, 0.2) is 0 Å². The van der Waals surface area contributed by atoms with Crippen molar-refractivity contribution in [3.8, 4) is 0 Å². The summed E-state index contributed by atoms with van der Waals surface area (Å²) < 4.78 is 26.4. The summed E-state index contributed by atoms with van der Waals surface area (Å²) in [5.41, 5.74) is -0.0512. The van der Waals surface area contributed by atoms with Gasteiger partial charge in [-0.25, -0.2) is 8.78 Å². The van der Waals surface area contributed by atoms with Crippen molar-refractivity contribution in [2.24, 2.45) is 0 Å². The first-order valence-corrected chi connectivity index (χ1v) is 6.40. The molecule has 5 heteroatoms. The van der Waals surface area contributed by atoms with E-state index in [-0.39, 0.29) is 11.5 Å². The second-order valence-corrected chi connectivity index (χ2v) is 5.11. The van der Waals surface area contributed by atoms with E-state index >= 15 is 0 Å². The molecule has 0 aromatic heterocycles. The van der Waals surface area contributed by atoms with Gasteiger partial charge in [0.2, 0.25) is 0 Å². The number of likely N-dealkylation sites (tertiary alicyclic amines) is 1. The molecule has 1 fully saturated rings. The van der Waals surface area contributed by atoms with E-state index in [1.165, 1.54) is 6.07 Å². The Morgan fingerprint density at radius 3 is 2.42 bits per heavy atom. The van der Waals surface area contributed by atoms with E-state index in [2.05, 4.69) is 4.90 Å². The Morgan fingerprint density at radius 1 is 1.26 bits per heavy atom. The van der Waals surface area contributed by atoms with E-state index < -0.39 is 11.6 Å². The lowest BCUT2D eigenvalue weighted by Crippen LogP contribution is -2.44. The number of carbonyl (C=O) groups excluding carboxylic acids is 1. The quantitative estimate of drug-likeness (QED) is 0.820. The average Bonchev–Trinajstić information content (AvgIpc) is 2.38. The fourth-order valence-electron chi connectivity index (χ4n) is 2.42. The highest BCUT2D eigenvalue weighted by molar-refractivity contribution is 5.94. The summed E-state index contributed by atoms with van der Waals surface area (Å²) in [6, 6.07) is 3.54. The Hall–Kier alpha value is -1.49. The topological polar surface area (TPSA) is 23.6 Å². The number of carbonyl (C=O) groups is 1. The van der Waals surface area contributed by atoms with Gasteiger partial charge in [-0.2, -0.15) is 0 Å². The SMILES string of the molecule is CN(C)C1CCN(C(=O)c2ccc(F)cc2F)CC1. The molecule has 0 atom stereocenters. The number of halogens is 2. The van der Waals surface area contributed by atoms with Crippen molar-refractivity contribution in [3.05, 3.63) is 35.4 Å². The molecular formula is C14H18F2N2O. The first-order chi connectivity index (χ1) is 8.99. The maximum atomic E-state index is 13.6. The molecule has 1 aromatic carbocycles. The van der Waals surface area contributed by atoms with Crippen molar-refractivity contribution in [3.63, 3.8) is 0 Å². The molecule has 104 valence electrons. The molecule has 1 amide bonds. The molecule has 1 heterocycles. The van der Waals surface area contributed by atoms with Gasteiger partial charge in [0, 0.05) is 25.2 Å². The molecule has 1 aromatic rings. The third-order valence-electron chi connectivity index (χ3n) is 3.64. The normalized spacial score (nSPS) is 17.0. The molecular weight excluding hydrogens is 250 g/mol. The number of piperidine rings is 1. The minimum absolute atomic E-state index is 0.0512. The van der Waals surface area contributed by atoms with Gasteiger partial charge in [-0.1, -0.05) is 0 Å². The highest BCUT2D eigenvalue weighted by Crippen LogP contribution is 2.18. The number of rotatable bonds is 2. The minimum atomic E-state index is -0.792. The van der Waals surface area contributed by atoms with Crippen LogP contribution in [0.5, 0.6) is 0 Å². The van der Waals surface area contributed by atoms with E-state index in [1.54, 1.807) is 4.90 Å². The summed E-state index contributed by atoms with van der Waals surface area (Å²) in [4.78, 5) is 15.9. The zero-order valence-corrected chi connectivity index (χ0v) is 11.2. The number of hydrogen-bond acceptors (Lipinski definition) is 2. The third kappa shape index (κ3) is 3.10. The number of hydrogen-bond donors (Lipinski definition) is 0. The standard InChI is InChI=1S/C14H18F2N2O/c1-17(2)11-5-7-18(8-6-11)14(19)12-4-3-10(15)9-13(12)16/h3-4,9,11H,5-8H2,1-2H3. The predicted molar refractivity (Wildman–Crippen MR) is 69.0 cm³/mol. The van der Waals surface area contributed by atoms with E-state index in [9.17, 15) is 13.6 Å². The van der Waals surface area contributed by atoms with E-state index in [0.717, 1.165) is 25.0 Å². The van der Waals surface area contributed by atoms with Crippen LogP contribution in [0.2, 0.25) is 0 Å². The largest absolute Gasteiger partial charge is 0.338 e. The lowest BCUT2D eigenvalue weighted by Gasteiger charge is -2.35. The van der Waals surface area contributed by atoms with Crippen LogP contribution in [0.25, 0.3) is 0 Å². The highest BCUT2D eigenvalue weighted by Gasteiger charge is 2.26. The first-order valence-electron chi connectivity index (χ1n) is 6.40. The summed E-state index contributed by atoms with van der Waals surface area (Å²) in [5, 5.41) is 0. The van der Waals surface area contributed by atoms with E-state index in [1.807, 2.05) is 14.1 Å². The van der Waals surface area contributed by atoms with Crippen molar-refractivity contribution in [2.75, 3.05) is 27.2 Å². The molecule has 0 radical (unpaired) electrons. The maximum absolute atomic E-state index is 13.6. The van der Waals surface area contributed by atoms with Crippen LogP contribution < -0.4 is 0 Å². The van der Waals surface area contributed by atoms with Crippen LogP contribution in [0, 0.1) is 11.6 Å². The Balaban J connectivity index is 2.05. The Morgan fingerprint density at radius 2 is 1.89 bits per heavy atom. The Kier molecular flexibility index (Phi) is 4.14. The van der Waals surface area contributed by atoms with Crippen LogP contribution in [0.1, 0.15) is 23.2 Å². The molecule has 1 aliphatic heterocycles. The van der Waals surface area contributed by atoms with Crippen molar-refractivity contribution < 1.29 is 13.6 Å². The van der Waals surface area contributed by atoms with Crippen molar-refractivity contribution >= 4 is 5.91 Å². The summed E-state index contributed by atoms with van der Waals surface area (Å²) in [5.74, 6) is -1.81. The van der Waals surface area contributed by atoms with E-state index in [4.69, 9.17) is 0 Å². The Labute approximate surface area is 111 Å². The van der Waals surface area contributed by atoms with Crippen LogP contribution in [0.15, 0.2) is 18.2 Å². The molecule has 0 bridgehead atoms. The molecule has 3 nitrogen and oxygen atoms in total. The monoisotopic (exact) mass is 268 g/mol. The maximum Gasteiger partial charge on any atom is 0.256 e. The van der Waals surface area contributed by atoms with Crippen molar-refractivity contribution in [2.45, 2.75) is 18.9 Å². The number of amides is 1. The third-order valence-corrected chi connectivity index (χ3v) is 3.64. The van der Waals surface area contributed by atoms with Gasteiger partial charge in [0.25, 0.3) is 5.91 Å². The average molecular weight is 268 g/mol. The van der Waals surface area contributed by atoms with Gasteiger partial charge < -0.3 is 9.80 Å². The van der Waals surface area contributed by atoms with Gasteiger partial charge in [0.1, 0.15) is 11.6 Å². The van der Waals surface area contributed by atoms with Crippen molar-refractivity contribution in [1.82, 2.24) is 9.80 Å². The van der Waals surface area contributed by atoms with Gasteiger partial charge >= 0.3 is 0 Å². The van der Waals surface area contributed by atoms with Crippen LogP contribution in [0.3, 0.4) is 0 Å². The van der Waals surface area contributed by atoms with Gasteiger partial charge in [-0.15, -0.1) is 0 Å². The summed E-state index contributed by atoms with van der Waals surface area (Å²) in [6.07, 6.45) is 1.75. The summed E-state index contributed by atoms with van der Waals surface area (Å²) >= 11 is 0. The molecule has 0 saturated carbocycles. The van der Waals surface area contributed by atoms with Gasteiger partial charge in [-0.05, 0) is 39.1 Å². The van der Waals surface area contributed by atoms with Crippen molar-refractivity contribution in [1.29, 1.82) is 0 Å². The molecule has 1 saturated heterocycles. The second-order valence-electron chi connectivity index (χ2n) is 5.11. The smallest absolute Gasteiger partial charge is 0.256 e. The van der Waals surface area contributed by atoms with Crippen LogP contribution in [-0.2, 0) is 0 Å². The zero-order chi connectivity index (χ0) is 14.0. The van der Waals surface area contributed by atoms with Gasteiger partial charge in [0.05, 0.1) is 5.56 Å². The Bertz CT molecular complexity index is 469. The highest BCUT2D eigenvalue weighted by atomic mass is 19.1. The van der Waals surface area contributed by atoms with Crippen LogP contribution >= 0.6 is 0 Å². The summed E-state index contributed by atoms with van der Waals surface area (Å²) in [6.45, 7) is 1.22. The molecule has 0 spiro atoms. The van der Waals surface area contributed by atoms with Crippen LogP contribution in [-0.4, -0.2) is 48.9 Å². The van der Waals surface area contributed by atoms with E-state index in [0.29, 0.717) is 19.1 Å². The number of benzene rings is 1. The summed E-state index contributed by atoms with van der Waals surface area (Å²) in [7, 11) is 4.03. The molecule has 0 unspecified atom stereocenters. The zero-order valence-electron chi connectivity index (χ0n) is 11.2. The molecule has 19 heavy (non-hydrogen) atoms. The predicted octanol–water partition coefficient (Wildman–Crippen LogP) is 2.13. The first kappa shape index (κ1) is 13.9. The molecule has 0 N–H and O–H groups in total.